The third kappa shape index (κ3) is 3.20. The van der Waals surface area contributed by atoms with Gasteiger partial charge >= 0.3 is 9.24 Å². The molecule has 24 heavy (non-hydrogen) atoms. The van der Waals surface area contributed by atoms with E-state index in [-0.39, 0.29) is 6.04 Å². The Morgan fingerprint density at radius 3 is 2.62 bits per heavy atom. The molecule has 2 aromatic rings. The maximum atomic E-state index is 12.5. The summed E-state index contributed by atoms with van der Waals surface area (Å²) < 4.78 is 40.8. The maximum Gasteiger partial charge on any atom is 0.325 e. The fourth-order valence-electron chi connectivity index (χ4n) is 3.20. The van der Waals surface area contributed by atoms with E-state index < -0.39 is 25.3 Å². The number of aromatic nitrogens is 1. The average Bonchev–Trinajstić information content (AvgIpc) is 2.81. The first kappa shape index (κ1) is 18.1. The molecule has 0 amide bonds. The van der Waals surface area contributed by atoms with Crippen LogP contribution in [0.2, 0.25) is 0 Å². The largest absolute Gasteiger partial charge is 0.598 e. The molecule has 1 heterocycles. The fraction of sp³-hybridized carbons (Fsp3) is 0.500. The van der Waals surface area contributed by atoms with Gasteiger partial charge in [-0.1, -0.05) is 18.2 Å². The molecule has 5 nitrogen and oxygen atoms in total. The predicted octanol–water partition coefficient (Wildman–Crippen LogP) is 3.40. The zero-order valence-corrected chi connectivity index (χ0v) is 16.3. The summed E-state index contributed by atoms with van der Waals surface area (Å²) in [5, 5.41) is 0.847. The number of nitrogens with one attached hydrogen (secondary N) is 1. The lowest BCUT2D eigenvalue weighted by Crippen LogP contribution is -2.42. The number of rotatable bonds is 3. The Bertz CT molecular complexity index is 871. The van der Waals surface area contributed by atoms with Crippen LogP contribution in [0.3, 0.4) is 0 Å². The third-order valence-electron chi connectivity index (χ3n) is 4.25. The van der Waals surface area contributed by atoms with E-state index in [0.29, 0.717) is 17.6 Å². The van der Waals surface area contributed by atoms with Gasteiger partial charge in [-0.15, -0.1) is 4.72 Å². The van der Waals surface area contributed by atoms with E-state index in [1.165, 1.54) is 3.97 Å². The summed E-state index contributed by atoms with van der Waals surface area (Å²) in [4.78, 5) is 0. The number of fused-ring (bicyclic) bond motifs is 3. The number of benzene rings is 1. The van der Waals surface area contributed by atoms with E-state index in [2.05, 4.69) is 4.72 Å². The Kier molecular flexibility index (Phi) is 4.68. The van der Waals surface area contributed by atoms with Gasteiger partial charge in [0.1, 0.15) is 4.75 Å². The number of halogens is 1. The van der Waals surface area contributed by atoms with Gasteiger partial charge in [-0.05, 0) is 46.1 Å². The minimum absolute atomic E-state index is 0.154. The van der Waals surface area contributed by atoms with Crippen LogP contribution in [0.25, 0.3) is 10.9 Å². The molecular weight excluding hydrogens is 368 g/mol. The first-order valence-electron chi connectivity index (χ1n) is 7.86. The van der Waals surface area contributed by atoms with Crippen LogP contribution in [0.5, 0.6) is 0 Å². The highest BCUT2D eigenvalue weighted by Crippen LogP contribution is 2.40. The second kappa shape index (κ2) is 6.21. The van der Waals surface area contributed by atoms with Crippen LogP contribution in [-0.2, 0) is 27.0 Å². The molecule has 8 heteroatoms. The molecule has 0 saturated heterocycles. The highest BCUT2D eigenvalue weighted by molar-refractivity contribution is 8.12. The van der Waals surface area contributed by atoms with Crippen molar-refractivity contribution in [1.82, 2.24) is 8.69 Å². The SMILES string of the molecule is CC(C)(C)[S+]([O-])N[C@@H]1CCCc2c1c1ccccc1n2S(=O)(=O)Cl. The van der Waals surface area contributed by atoms with Gasteiger partial charge in [0.25, 0.3) is 0 Å². The summed E-state index contributed by atoms with van der Waals surface area (Å²) in [5.41, 5.74) is 2.17. The number of hydrogen-bond donors (Lipinski definition) is 1. The molecule has 1 aliphatic rings. The Morgan fingerprint density at radius 1 is 1.33 bits per heavy atom. The number of para-hydroxylation sites is 1. The molecule has 0 bridgehead atoms. The Morgan fingerprint density at radius 2 is 2.00 bits per heavy atom. The second-order valence-electron chi connectivity index (χ2n) is 7.03. The van der Waals surface area contributed by atoms with Gasteiger partial charge in [-0.2, -0.15) is 8.42 Å². The van der Waals surface area contributed by atoms with Crippen LogP contribution in [-0.4, -0.2) is 21.7 Å². The maximum absolute atomic E-state index is 12.5. The Hall–Kier alpha value is -0.730. The quantitative estimate of drug-likeness (QED) is 0.645. The van der Waals surface area contributed by atoms with Gasteiger partial charge in [0.15, 0.2) is 0 Å². The molecule has 1 unspecified atom stereocenters. The van der Waals surface area contributed by atoms with E-state index in [1.807, 2.05) is 32.9 Å². The molecule has 0 radical (unpaired) electrons. The lowest BCUT2D eigenvalue weighted by Gasteiger charge is -2.30. The predicted molar refractivity (Wildman–Crippen MR) is 98.8 cm³/mol. The van der Waals surface area contributed by atoms with Crippen molar-refractivity contribution in [3.05, 3.63) is 35.5 Å². The topological polar surface area (TPSA) is 74.2 Å². The Balaban J connectivity index is 2.18. The van der Waals surface area contributed by atoms with Gasteiger partial charge in [0.2, 0.25) is 0 Å². The van der Waals surface area contributed by atoms with Gasteiger partial charge in [0.05, 0.1) is 11.6 Å². The molecule has 1 aliphatic carbocycles. The lowest BCUT2D eigenvalue weighted by atomic mass is 9.91. The van der Waals surface area contributed by atoms with Crippen molar-refractivity contribution in [3.8, 4) is 0 Å². The van der Waals surface area contributed by atoms with Crippen LogP contribution in [0.1, 0.15) is 50.9 Å². The molecule has 0 aliphatic heterocycles. The van der Waals surface area contributed by atoms with Crippen LogP contribution < -0.4 is 4.72 Å². The van der Waals surface area contributed by atoms with E-state index in [9.17, 15) is 13.0 Å². The monoisotopic (exact) mass is 388 g/mol. The van der Waals surface area contributed by atoms with Crippen molar-refractivity contribution in [2.75, 3.05) is 0 Å². The fourth-order valence-corrected chi connectivity index (χ4v) is 5.37. The van der Waals surface area contributed by atoms with Crippen LogP contribution in [0.4, 0.5) is 0 Å². The van der Waals surface area contributed by atoms with E-state index in [4.69, 9.17) is 10.7 Å². The molecule has 2 atom stereocenters. The minimum Gasteiger partial charge on any atom is -0.598 e. The molecule has 1 aromatic carbocycles. The minimum atomic E-state index is -3.92. The molecule has 0 spiro atoms. The van der Waals surface area contributed by atoms with Crippen molar-refractivity contribution in [1.29, 1.82) is 0 Å². The van der Waals surface area contributed by atoms with Crippen LogP contribution >= 0.6 is 10.7 Å². The molecule has 132 valence electrons. The molecular formula is C16H21ClN2O3S2. The highest BCUT2D eigenvalue weighted by Gasteiger charge is 2.36. The normalized spacial score (nSPS) is 20.1. The number of hydrogen-bond acceptors (Lipinski definition) is 4. The van der Waals surface area contributed by atoms with Crippen molar-refractivity contribution in [2.45, 2.75) is 50.8 Å². The van der Waals surface area contributed by atoms with Gasteiger partial charge in [-0.3, -0.25) is 0 Å². The summed E-state index contributed by atoms with van der Waals surface area (Å²) in [6.45, 7) is 5.73. The first-order chi connectivity index (χ1) is 11.1. The zero-order chi connectivity index (χ0) is 17.7. The van der Waals surface area contributed by atoms with Gasteiger partial charge in [-0.25, -0.2) is 3.97 Å². The van der Waals surface area contributed by atoms with Gasteiger partial charge in [0, 0.05) is 38.7 Å². The van der Waals surface area contributed by atoms with Crippen molar-refractivity contribution in [2.24, 2.45) is 0 Å². The summed E-state index contributed by atoms with van der Waals surface area (Å²) in [5.74, 6) is 0. The molecule has 1 N–H and O–H groups in total. The zero-order valence-electron chi connectivity index (χ0n) is 13.9. The third-order valence-corrected chi connectivity index (χ3v) is 7.13. The first-order valence-corrected chi connectivity index (χ1v) is 11.3. The van der Waals surface area contributed by atoms with E-state index >= 15 is 0 Å². The van der Waals surface area contributed by atoms with Crippen LogP contribution in [0, 0.1) is 0 Å². The smallest absolute Gasteiger partial charge is 0.325 e. The highest BCUT2D eigenvalue weighted by atomic mass is 35.7. The second-order valence-corrected chi connectivity index (χ2v) is 11.4. The number of nitrogens with zero attached hydrogens (tertiary/aromatic N) is 1. The standard InChI is InChI=1S/C16H21ClN2O3S2/c1-16(2,3)23(20)18-12-8-6-10-14-15(12)11-7-4-5-9-13(11)19(14)24(17,21)22/h4-5,7,9,12,18H,6,8,10H2,1-3H3/t12-,23?/m1/s1. The Labute approximate surface area is 150 Å². The van der Waals surface area contributed by atoms with Crippen molar-refractivity contribution < 1.29 is 13.0 Å². The van der Waals surface area contributed by atoms with E-state index in [1.54, 1.807) is 12.1 Å². The molecule has 1 aromatic heterocycles. The summed E-state index contributed by atoms with van der Waals surface area (Å²) in [7, 11) is 1.77. The lowest BCUT2D eigenvalue weighted by molar-refractivity contribution is 0.488. The van der Waals surface area contributed by atoms with E-state index in [0.717, 1.165) is 23.8 Å². The average molecular weight is 389 g/mol. The summed E-state index contributed by atoms with van der Waals surface area (Å²) >= 11 is -1.24. The van der Waals surface area contributed by atoms with Crippen molar-refractivity contribution >= 4 is 42.2 Å². The molecule has 3 rings (SSSR count). The van der Waals surface area contributed by atoms with Gasteiger partial charge < -0.3 is 4.55 Å². The summed E-state index contributed by atoms with van der Waals surface area (Å²) in [6.07, 6.45) is 2.26. The molecule has 0 saturated carbocycles. The molecule has 0 fully saturated rings. The van der Waals surface area contributed by atoms with Crippen molar-refractivity contribution in [3.63, 3.8) is 0 Å². The summed E-state index contributed by atoms with van der Waals surface area (Å²) in [6, 6.07) is 7.17. The van der Waals surface area contributed by atoms with Crippen LogP contribution in [0.15, 0.2) is 24.3 Å².